The highest BCUT2D eigenvalue weighted by Crippen LogP contribution is 2.45. The number of aryl methyl sites for hydroxylation is 1. The second kappa shape index (κ2) is 5.72. The zero-order chi connectivity index (χ0) is 14.0. The molecule has 2 aliphatic rings. The van der Waals surface area contributed by atoms with Crippen molar-refractivity contribution in [3.63, 3.8) is 0 Å². The third-order valence-electron chi connectivity index (χ3n) is 4.68. The Kier molecular flexibility index (Phi) is 3.96. The molecule has 1 saturated carbocycles. The third kappa shape index (κ3) is 2.82. The van der Waals surface area contributed by atoms with E-state index < -0.39 is 0 Å². The molecule has 0 unspecified atom stereocenters. The molecule has 0 radical (unpaired) electrons. The van der Waals surface area contributed by atoms with Crippen molar-refractivity contribution in [3.8, 4) is 0 Å². The van der Waals surface area contributed by atoms with Crippen LogP contribution in [0.15, 0.2) is 11.2 Å². The van der Waals surface area contributed by atoms with Gasteiger partial charge in [0.25, 0.3) is 0 Å². The fourth-order valence-corrected chi connectivity index (χ4v) is 4.35. The van der Waals surface area contributed by atoms with E-state index in [9.17, 15) is 0 Å². The summed E-state index contributed by atoms with van der Waals surface area (Å²) in [6.45, 7) is 5.22. The molecular formula is C15H24N4S. The van der Waals surface area contributed by atoms with Gasteiger partial charge in [-0.15, -0.1) is 11.3 Å². The molecule has 0 atom stereocenters. The lowest BCUT2D eigenvalue weighted by atomic mass is 9.86. The molecule has 110 valence electrons. The summed E-state index contributed by atoms with van der Waals surface area (Å²) in [5.41, 5.74) is 0.593. The van der Waals surface area contributed by atoms with E-state index in [1.54, 1.807) is 11.3 Å². The van der Waals surface area contributed by atoms with Gasteiger partial charge in [0.05, 0.1) is 6.54 Å². The molecule has 4 nitrogen and oxygen atoms in total. The minimum atomic E-state index is 0.593. The Morgan fingerprint density at radius 3 is 2.90 bits per heavy atom. The van der Waals surface area contributed by atoms with E-state index in [0.717, 1.165) is 24.1 Å². The van der Waals surface area contributed by atoms with Gasteiger partial charge in [-0.25, -0.2) is 4.98 Å². The lowest BCUT2D eigenvalue weighted by Gasteiger charge is -2.25. The summed E-state index contributed by atoms with van der Waals surface area (Å²) in [7, 11) is 1.88. The largest absolute Gasteiger partial charge is 0.350 e. The standard InChI is InChI=1S/C15H24N4S/c1-12-9-17-13(20-12)10-18-14(16-2)19-8-7-15(11-19)5-3-4-6-15/h9H,3-8,10-11H2,1-2H3,(H,16,18). The van der Waals surface area contributed by atoms with E-state index >= 15 is 0 Å². The Bertz CT molecular complexity index is 488. The van der Waals surface area contributed by atoms with Crippen molar-refractivity contribution in [2.75, 3.05) is 20.1 Å². The maximum absolute atomic E-state index is 4.45. The van der Waals surface area contributed by atoms with E-state index in [1.165, 1.54) is 43.5 Å². The van der Waals surface area contributed by atoms with Crippen LogP contribution in [0.4, 0.5) is 0 Å². The van der Waals surface area contributed by atoms with Crippen LogP contribution in [0.3, 0.4) is 0 Å². The quantitative estimate of drug-likeness (QED) is 0.673. The predicted molar refractivity (Wildman–Crippen MR) is 84.1 cm³/mol. The molecule has 0 amide bonds. The van der Waals surface area contributed by atoms with Gasteiger partial charge in [0.1, 0.15) is 5.01 Å². The molecule has 1 aliphatic carbocycles. The molecule has 1 saturated heterocycles. The molecule has 0 aromatic carbocycles. The lowest BCUT2D eigenvalue weighted by Crippen LogP contribution is -2.40. The van der Waals surface area contributed by atoms with E-state index in [-0.39, 0.29) is 0 Å². The average molecular weight is 292 g/mol. The summed E-state index contributed by atoms with van der Waals surface area (Å²) in [4.78, 5) is 12.6. The third-order valence-corrected chi connectivity index (χ3v) is 5.59. The van der Waals surface area contributed by atoms with E-state index in [1.807, 2.05) is 13.2 Å². The monoisotopic (exact) mass is 292 g/mol. The summed E-state index contributed by atoms with van der Waals surface area (Å²) >= 11 is 1.75. The van der Waals surface area contributed by atoms with Gasteiger partial charge in [-0.2, -0.15) is 0 Å². The number of aliphatic imine (C=N–C) groups is 1. The zero-order valence-corrected chi connectivity index (χ0v) is 13.3. The average Bonchev–Trinajstić information content (AvgIpc) is 3.15. The van der Waals surface area contributed by atoms with Crippen LogP contribution in [0, 0.1) is 12.3 Å². The van der Waals surface area contributed by atoms with Crippen LogP contribution in [-0.2, 0) is 6.54 Å². The van der Waals surface area contributed by atoms with Crippen LogP contribution in [-0.4, -0.2) is 36.0 Å². The fraction of sp³-hybridized carbons (Fsp3) is 0.733. The minimum Gasteiger partial charge on any atom is -0.350 e. The van der Waals surface area contributed by atoms with Crippen LogP contribution in [0.25, 0.3) is 0 Å². The topological polar surface area (TPSA) is 40.5 Å². The molecule has 1 aromatic rings. The molecule has 1 spiro atoms. The van der Waals surface area contributed by atoms with Crippen LogP contribution >= 0.6 is 11.3 Å². The van der Waals surface area contributed by atoms with Crippen LogP contribution < -0.4 is 5.32 Å². The second-order valence-electron chi connectivity index (χ2n) is 6.14. The highest BCUT2D eigenvalue weighted by molar-refractivity contribution is 7.11. The molecule has 5 heteroatoms. The number of rotatable bonds is 2. The second-order valence-corrected chi connectivity index (χ2v) is 7.46. The number of nitrogens with one attached hydrogen (secondary N) is 1. The van der Waals surface area contributed by atoms with Crippen molar-refractivity contribution in [1.29, 1.82) is 0 Å². The molecule has 1 N–H and O–H groups in total. The first-order chi connectivity index (χ1) is 9.71. The number of nitrogens with zero attached hydrogens (tertiary/aromatic N) is 3. The first kappa shape index (κ1) is 13.9. The number of guanidine groups is 1. The van der Waals surface area contributed by atoms with Gasteiger partial charge in [0.15, 0.2) is 5.96 Å². The van der Waals surface area contributed by atoms with Crippen LogP contribution in [0.5, 0.6) is 0 Å². The van der Waals surface area contributed by atoms with Crippen molar-refractivity contribution in [3.05, 3.63) is 16.1 Å². The molecule has 2 heterocycles. The zero-order valence-electron chi connectivity index (χ0n) is 12.5. The predicted octanol–water partition coefficient (Wildman–Crippen LogP) is 2.79. The first-order valence-electron chi connectivity index (χ1n) is 7.58. The Morgan fingerprint density at radius 1 is 1.45 bits per heavy atom. The Balaban J connectivity index is 1.57. The van der Waals surface area contributed by atoms with Gasteiger partial charge < -0.3 is 10.2 Å². The fourth-order valence-electron chi connectivity index (χ4n) is 3.62. The molecule has 2 fully saturated rings. The van der Waals surface area contributed by atoms with E-state index in [4.69, 9.17) is 0 Å². The van der Waals surface area contributed by atoms with Crippen LogP contribution in [0.1, 0.15) is 42.0 Å². The highest BCUT2D eigenvalue weighted by atomic mass is 32.1. The molecular weight excluding hydrogens is 268 g/mol. The number of hydrogen-bond donors (Lipinski definition) is 1. The molecule has 1 aliphatic heterocycles. The number of likely N-dealkylation sites (tertiary alicyclic amines) is 1. The summed E-state index contributed by atoms with van der Waals surface area (Å²) in [5.74, 6) is 1.04. The number of hydrogen-bond acceptors (Lipinski definition) is 3. The summed E-state index contributed by atoms with van der Waals surface area (Å²) in [6.07, 6.45) is 8.92. The molecule has 20 heavy (non-hydrogen) atoms. The van der Waals surface area contributed by atoms with Crippen molar-refractivity contribution in [2.24, 2.45) is 10.4 Å². The molecule has 1 aromatic heterocycles. The maximum atomic E-state index is 4.45. The van der Waals surface area contributed by atoms with Crippen molar-refractivity contribution < 1.29 is 0 Å². The van der Waals surface area contributed by atoms with Gasteiger partial charge in [-0.1, -0.05) is 12.8 Å². The Labute approximate surface area is 125 Å². The number of aromatic nitrogens is 1. The molecule has 3 rings (SSSR count). The summed E-state index contributed by atoms with van der Waals surface area (Å²) < 4.78 is 0. The summed E-state index contributed by atoms with van der Waals surface area (Å²) in [5, 5.41) is 4.61. The number of thiazole rings is 1. The normalized spacial score (nSPS) is 21.9. The SMILES string of the molecule is CN=C(NCc1ncc(C)s1)N1CCC2(CCCC2)C1. The van der Waals surface area contributed by atoms with Crippen molar-refractivity contribution in [1.82, 2.24) is 15.2 Å². The Hall–Kier alpha value is -1.10. The summed E-state index contributed by atoms with van der Waals surface area (Å²) in [6, 6.07) is 0. The van der Waals surface area contributed by atoms with Gasteiger partial charge in [0, 0.05) is 31.2 Å². The van der Waals surface area contributed by atoms with E-state index in [0.29, 0.717) is 5.41 Å². The van der Waals surface area contributed by atoms with Gasteiger partial charge in [-0.05, 0) is 31.6 Å². The van der Waals surface area contributed by atoms with Gasteiger partial charge in [0.2, 0.25) is 0 Å². The lowest BCUT2D eigenvalue weighted by molar-refractivity contribution is 0.309. The van der Waals surface area contributed by atoms with Crippen molar-refractivity contribution >= 4 is 17.3 Å². The minimum absolute atomic E-state index is 0.593. The Morgan fingerprint density at radius 2 is 2.25 bits per heavy atom. The van der Waals surface area contributed by atoms with Crippen molar-refractivity contribution in [2.45, 2.75) is 45.6 Å². The molecule has 0 bridgehead atoms. The highest BCUT2D eigenvalue weighted by Gasteiger charge is 2.41. The smallest absolute Gasteiger partial charge is 0.194 e. The van der Waals surface area contributed by atoms with Gasteiger partial charge in [-0.3, -0.25) is 4.99 Å². The maximum Gasteiger partial charge on any atom is 0.194 e. The van der Waals surface area contributed by atoms with Gasteiger partial charge >= 0.3 is 0 Å². The first-order valence-corrected chi connectivity index (χ1v) is 8.39. The van der Waals surface area contributed by atoms with Crippen LogP contribution in [0.2, 0.25) is 0 Å². The van der Waals surface area contributed by atoms with E-state index in [2.05, 4.69) is 27.1 Å².